The van der Waals surface area contributed by atoms with E-state index in [1.807, 2.05) is 16.9 Å². The quantitative estimate of drug-likeness (QED) is 0.844. The number of hydrogen-bond donors (Lipinski definition) is 1. The highest BCUT2D eigenvalue weighted by Gasteiger charge is 2.28. The number of aromatic nitrogens is 4. The minimum Gasteiger partial charge on any atom is -0.337 e. The molecule has 0 radical (unpaired) electrons. The Hall–Kier alpha value is -1.85. The van der Waals surface area contributed by atoms with Gasteiger partial charge in [0.25, 0.3) is 0 Å². The van der Waals surface area contributed by atoms with Crippen molar-refractivity contribution in [1.29, 1.82) is 0 Å². The van der Waals surface area contributed by atoms with Gasteiger partial charge in [0.2, 0.25) is 0 Å². The van der Waals surface area contributed by atoms with Gasteiger partial charge in [0.1, 0.15) is 0 Å². The second-order valence-corrected chi connectivity index (χ2v) is 4.95. The van der Waals surface area contributed by atoms with Gasteiger partial charge < -0.3 is 9.84 Å². The lowest BCUT2D eigenvalue weighted by Gasteiger charge is -2.10. The monoisotopic (exact) mass is 247 g/mol. The molecular weight excluding hydrogens is 230 g/mol. The average Bonchev–Trinajstić information content (AvgIpc) is 2.90. The lowest BCUT2D eigenvalue weighted by molar-refractivity contribution is 0.413. The summed E-state index contributed by atoms with van der Waals surface area (Å²) in [7, 11) is 0. The van der Waals surface area contributed by atoms with Crippen molar-refractivity contribution in [3.63, 3.8) is 0 Å². The minimum absolute atomic E-state index is 0.446. The second-order valence-electron chi connectivity index (χ2n) is 4.95. The van der Waals surface area contributed by atoms with Crippen LogP contribution in [0.5, 0.6) is 0 Å². The molecule has 1 fully saturated rings. The molecule has 2 aromatic heterocycles. The molecule has 1 aliphatic rings. The lowest BCUT2D eigenvalue weighted by atomic mass is 10.2. The summed E-state index contributed by atoms with van der Waals surface area (Å²) < 4.78 is 7.08. The molecule has 0 saturated heterocycles. The largest absolute Gasteiger partial charge is 0.337 e. The van der Waals surface area contributed by atoms with Gasteiger partial charge in [-0.25, -0.2) is 0 Å². The second kappa shape index (κ2) is 4.80. The van der Waals surface area contributed by atoms with Gasteiger partial charge >= 0.3 is 6.01 Å². The van der Waals surface area contributed by atoms with Gasteiger partial charge in [0.15, 0.2) is 5.82 Å². The van der Waals surface area contributed by atoms with Crippen molar-refractivity contribution in [2.45, 2.75) is 32.2 Å². The fourth-order valence-electron chi connectivity index (χ4n) is 1.87. The third kappa shape index (κ3) is 2.69. The summed E-state index contributed by atoms with van der Waals surface area (Å²) >= 11 is 0. The van der Waals surface area contributed by atoms with Crippen molar-refractivity contribution < 1.29 is 4.52 Å². The van der Waals surface area contributed by atoms with Crippen LogP contribution in [0.3, 0.4) is 0 Å². The summed E-state index contributed by atoms with van der Waals surface area (Å²) in [5.74, 6) is 1.82. The van der Waals surface area contributed by atoms with Crippen LogP contribution in [-0.2, 0) is 6.54 Å². The minimum atomic E-state index is 0.446. The Balaban J connectivity index is 1.47. The Bertz CT molecular complexity index is 488. The highest BCUT2D eigenvalue weighted by Crippen LogP contribution is 2.38. The fourth-order valence-corrected chi connectivity index (χ4v) is 1.87. The van der Waals surface area contributed by atoms with Crippen LogP contribution < -0.4 is 5.32 Å². The van der Waals surface area contributed by atoms with E-state index in [1.54, 1.807) is 6.20 Å². The van der Waals surface area contributed by atoms with Crippen molar-refractivity contribution in [2.24, 2.45) is 5.92 Å². The number of anilines is 1. The molecule has 1 saturated carbocycles. The molecule has 0 bridgehead atoms. The van der Waals surface area contributed by atoms with Crippen LogP contribution in [0.2, 0.25) is 0 Å². The maximum absolute atomic E-state index is 5.16. The number of rotatable bonds is 6. The van der Waals surface area contributed by atoms with Gasteiger partial charge in [0, 0.05) is 31.4 Å². The summed E-state index contributed by atoms with van der Waals surface area (Å²) in [6.07, 6.45) is 6.14. The molecule has 1 aliphatic carbocycles. The molecule has 6 heteroatoms. The predicted molar refractivity (Wildman–Crippen MR) is 66.2 cm³/mol. The normalized spacial score (nSPS) is 16.7. The molecule has 6 nitrogen and oxygen atoms in total. The van der Waals surface area contributed by atoms with Crippen LogP contribution in [0, 0.1) is 5.92 Å². The first-order valence-corrected chi connectivity index (χ1v) is 6.36. The summed E-state index contributed by atoms with van der Waals surface area (Å²) in [5, 5.41) is 11.3. The lowest BCUT2D eigenvalue weighted by Crippen LogP contribution is -2.17. The summed E-state index contributed by atoms with van der Waals surface area (Å²) in [6, 6.07) is 2.46. The van der Waals surface area contributed by atoms with Gasteiger partial charge in [-0.2, -0.15) is 10.1 Å². The van der Waals surface area contributed by atoms with E-state index in [-0.39, 0.29) is 0 Å². The summed E-state index contributed by atoms with van der Waals surface area (Å²) in [4.78, 5) is 4.33. The van der Waals surface area contributed by atoms with E-state index < -0.39 is 0 Å². The van der Waals surface area contributed by atoms with Crippen LogP contribution in [0.4, 0.5) is 6.01 Å². The highest BCUT2D eigenvalue weighted by molar-refractivity contribution is 5.20. The molecule has 0 aliphatic heterocycles. The number of nitrogens with one attached hydrogen (secondary N) is 1. The van der Waals surface area contributed by atoms with E-state index in [0.29, 0.717) is 17.9 Å². The average molecular weight is 247 g/mol. The molecule has 2 aromatic rings. The molecule has 1 unspecified atom stereocenters. The zero-order valence-electron chi connectivity index (χ0n) is 10.4. The predicted octanol–water partition coefficient (Wildman–Crippen LogP) is 1.89. The van der Waals surface area contributed by atoms with Gasteiger partial charge in [-0.15, -0.1) is 0 Å². The summed E-state index contributed by atoms with van der Waals surface area (Å²) in [5.41, 5.74) is 0. The molecule has 0 aromatic carbocycles. The van der Waals surface area contributed by atoms with Gasteiger partial charge in [-0.1, -0.05) is 12.1 Å². The van der Waals surface area contributed by atoms with Crippen molar-refractivity contribution in [3.05, 3.63) is 24.3 Å². The fraction of sp³-hybridized carbons (Fsp3) is 0.583. The third-order valence-electron chi connectivity index (χ3n) is 3.04. The molecule has 0 amide bonds. The van der Waals surface area contributed by atoms with Crippen molar-refractivity contribution in [1.82, 2.24) is 19.9 Å². The molecule has 3 rings (SSSR count). The topological polar surface area (TPSA) is 68.8 Å². The highest BCUT2D eigenvalue weighted by atomic mass is 16.5. The smallest absolute Gasteiger partial charge is 0.321 e. The Labute approximate surface area is 105 Å². The zero-order valence-corrected chi connectivity index (χ0v) is 10.4. The number of nitrogens with zero attached hydrogens (tertiary/aromatic N) is 4. The molecule has 18 heavy (non-hydrogen) atoms. The maximum Gasteiger partial charge on any atom is 0.321 e. The van der Waals surface area contributed by atoms with E-state index >= 15 is 0 Å². The first kappa shape index (κ1) is 11.3. The van der Waals surface area contributed by atoms with Crippen LogP contribution in [0.15, 0.2) is 23.0 Å². The van der Waals surface area contributed by atoms with Crippen molar-refractivity contribution in [2.75, 3.05) is 11.9 Å². The van der Waals surface area contributed by atoms with Crippen molar-refractivity contribution >= 4 is 6.01 Å². The maximum atomic E-state index is 5.16. The van der Waals surface area contributed by atoms with Crippen LogP contribution in [-0.4, -0.2) is 26.5 Å². The SMILES string of the molecule is CC(CNc1nc(C2CC2)no1)Cn1cccn1. The van der Waals surface area contributed by atoms with Crippen LogP contribution >= 0.6 is 0 Å². The first-order valence-electron chi connectivity index (χ1n) is 6.36. The van der Waals surface area contributed by atoms with E-state index in [4.69, 9.17) is 4.52 Å². The molecule has 0 spiro atoms. The summed E-state index contributed by atoms with van der Waals surface area (Å²) in [6.45, 7) is 3.84. The zero-order chi connectivity index (χ0) is 12.4. The van der Waals surface area contributed by atoms with E-state index in [2.05, 4.69) is 27.5 Å². The molecule has 96 valence electrons. The Kier molecular flexibility index (Phi) is 3.00. The first-order chi connectivity index (χ1) is 8.81. The van der Waals surface area contributed by atoms with Crippen molar-refractivity contribution in [3.8, 4) is 0 Å². The van der Waals surface area contributed by atoms with E-state index in [0.717, 1.165) is 18.9 Å². The number of hydrogen-bond acceptors (Lipinski definition) is 5. The van der Waals surface area contributed by atoms with E-state index in [1.165, 1.54) is 12.8 Å². The van der Waals surface area contributed by atoms with Crippen LogP contribution in [0.1, 0.15) is 31.5 Å². The Morgan fingerprint density at radius 3 is 3.17 bits per heavy atom. The van der Waals surface area contributed by atoms with Crippen LogP contribution in [0.25, 0.3) is 0 Å². The Morgan fingerprint density at radius 2 is 2.44 bits per heavy atom. The van der Waals surface area contributed by atoms with Gasteiger partial charge in [-0.05, 0) is 24.8 Å². The third-order valence-corrected chi connectivity index (χ3v) is 3.04. The molecule has 1 atom stereocenters. The molecule has 1 N–H and O–H groups in total. The molecular formula is C12H17N5O. The van der Waals surface area contributed by atoms with E-state index in [9.17, 15) is 0 Å². The van der Waals surface area contributed by atoms with Gasteiger partial charge in [0.05, 0.1) is 0 Å². The standard InChI is InChI=1S/C12H17N5O/c1-9(8-17-6-2-5-14-17)7-13-12-15-11(16-18-12)10-3-4-10/h2,5-6,9-10H,3-4,7-8H2,1H3,(H,13,15,16). The van der Waals surface area contributed by atoms with Gasteiger partial charge in [-0.3, -0.25) is 4.68 Å². The molecule has 2 heterocycles. The Morgan fingerprint density at radius 1 is 1.56 bits per heavy atom.